The monoisotopic (exact) mass is 249 g/mol. The minimum absolute atomic E-state index is 0.791. The van der Waals surface area contributed by atoms with Crippen molar-refractivity contribution in [3.8, 4) is 5.75 Å². The lowest BCUT2D eigenvalue weighted by Gasteiger charge is -2.07. The second kappa shape index (κ2) is 5.31. The summed E-state index contributed by atoms with van der Waals surface area (Å²) in [5.74, 6) is 0.949. The van der Waals surface area contributed by atoms with Gasteiger partial charge in [0.25, 0.3) is 0 Å². The second-order valence-corrected chi connectivity index (χ2v) is 4.81. The van der Waals surface area contributed by atoms with Crippen LogP contribution in [0.15, 0.2) is 48.5 Å². The van der Waals surface area contributed by atoms with Crippen molar-refractivity contribution in [3.63, 3.8) is 0 Å². The smallest absolute Gasteiger partial charge is 0.119 e. The van der Waals surface area contributed by atoms with Gasteiger partial charge in [-0.3, -0.25) is 0 Å². The summed E-state index contributed by atoms with van der Waals surface area (Å²) in [5.41, 5.74) is 0. The molecule has 0 unspecified atom stereocenters. The molecule has 0 bridgehead atoms. The SMILES string of the molecule is CCCCOc1ccc2[c]c3ccccc3cc2c1. The van der Waals surface area contributed by atoms with E-state index in [-0.39, 0.29) is 0 Å². The molecule has 1 heteroatoms. The molecule has 0 fully saturated rings. The molecule has 3 rings (SSSR count). The highest BCUT2D eigenvalue weighted by molar-refractivity contribution is 5.97. The molecule has 0 atom stereocenters. The minimum atomic E-state index is 0.791. The van der Waals surface area contributed by atoms with Crippen molar-refractivity contribution in [2.45, 2.75) is 19.8 Å². The Balaban J connectivity index is 1.99. The fourth-order valence-corrected chi connectivity index (χ4v) is 2.25. The number of hydrogen-bond donors (Lipinski definition) is 0. The van der Waals surface area contributed by atoms with E-state index in [0.717, 1.165) is 36.0 Å². The van der Waals surface area contributed by atoms with Gasteiger partial charge in [0.2, 0.25) is 0 Å². The third kappa shape index (κ3) is 2.55. The van der Waals surface area contributed by atoms with Gasteiger partial charge in [0, 0.05) is 0 Å². The van der Waals surface area contributed by atoms with Crippen LogP contribution in [-0.4, -0.2) is 6.61 Å². The Bertz CT molecular complexity index is 700. The molecule has 19 heavy (non-hydrogen) atoms. The van der Waals surface area contributed by atoms with Gasteiger partial charge in [-0.25, -0.2) is 0 Å². The van der Waals surface area contributed by atoms with E-state index in [0.29, 0.717) is 0 Å². The van der Waals surface area contributed by atoms with E-state index in [1.807, 2.05) is 12.1 Å². The third-order valence-electron chi connectivity index (χ3n) is 3.33. The molecule has 0 aliphatic rings. The zero-order valence-electron chi connectivity index (χ0n) is 11.1. The lowest BCUT2D eigenvalue weighted by molar-refractivity contribution is 0.310. The molecule has 95 valence electrons. The fourth-order valence-electron chi connectivity index (χ4n) is 2.25. The molecule has 0 N–H and O–H groups in total. The molecule has 0 aromatic heterocycles. The van der Waals surface area contributed by atoms with E-state index < -0.39 is 0 Å². The predicted molar refractivity (Wildman–Crippen MR) is 80.7 cm³/mol. The quantitative estimate of drug-likeness (QED) is 0.468. The van der Waals surface area contributed by atoms with Gasteiger partial charge in [-0.2, -0.15) is 0 Å². The van der Waals surface area contributed by atoms with Crippen molar-refractivity contribution in [2.24, 2.45) is 0 Å². The largest absolute Gasteiger partial charge is 0.494 e. The first-order chi connectivity index (χ1) is 9.36. The molecule has 3 aromatic carbocycles. The normalized spacial score (nSPS) is 11.0. The fraction of sp³-hybridized carbons (Fsp3) is 0.222. The van der Waals surface area contributed by atoms with Crippen LogP contribution < -0.4 is 4.74 Å². The molecule has 1 nitrogen and oxygen atoms in total. The van der Waals surface area contributed by atoms with Crippen molar-refractivity contribution >= 4 is 21.5 Å². The topological polar surface area (TPSA) is 9.23 Å². The van der Waals surface area contributed by atoms with Gasteiger partial charge in [0.15, 0.2) is 0 Å². The summed E-state index contributed by atoms with van der Waals surface area (Å²) in [6.07, 6.45) is 2.26. The van der Waals surface area contributed by atoms with E-state index in [9.17, 15) is 0 Å². The van der Waals surface area contributed by atoms with E-state index in [1.165, 1.54) is 10.8 Å². The maximum atomic E-state index is 5.75. The Labute approximate surface area is 113 Å². The molecule has 0 saturated carbocycles. The third-order valence-corrected chi connectivity index (χ3v) is 3.33. The van der Waals surface area contributed by atoms with E-state index in [1.54, 1.807) is 0 Å². The molecule has 0 aliphatic heterocycles. The van der Waals surface area contributed by atoms with E-state index in [4.69, 9.17) is 4.74 Å². The molecule has 0 amide bonds. The molecule has 1 radical (unpaired) electrons. The minimum Gasteiger partial charge on any atom is -0.494 e. The summed E-state index contributed by atoms with van der Waals surface area (Å²) in [4.78, 5) is 0. The van der Waals surface area contributed by atoms with Crippen LogP contribution in [0.3, 0.4) is 0 Å². The summed E-state index contributed by atoms with van der Waals surface area (Å²) >= 11 is 0. The van der Waals surface area contributed by atoms with Crippen LogP contribution in [0.2, 0.25) is 0 Å². The Kier molecular flexibility index (Phi) is 3.37. The van der Waals surface area contributed by atoms with Gasteiger partial charge in [0.1, 0.15) is 5.75 Å². The van der Waals surface area contributed by atoms with Crippen LogP contribution in [-0.2, 0) is 0 Å². The first-order valence-electron chi connectivity index (χ1n) is 6.84. The van der Waals surface area contributed by atoms with Crippen molar-refractivity contribution in [2.75, 3.05) is 6.61 Å². The van der Waals surface area contributed by atoms with Crippen molar-refractivity contribution < 1.29 is 4.74 Å². The molecule has 0 aliphatic carbocycles. The van der Waals surface area contributed by atoms with Gasteiger partial charge >= 0.3 is 0 Å². The zero-order chi connectivity index (χ0) is 13.1. The molecule has 0 spiro atoms. The van der Waals surface area contributed by atoms with Gasteiger partial charge in [-0.1, -0.05) is 43.7 Å². The maximum Gasteiger partial charge on any atom is 0.119 e. The van der Waals surface area contributed by atoms with Crippen molar-refractivity contribution in [3.05, 3.63) is 54.6 Å². The zero-order valence-corrected chi connectivity index (χ0v) is 11.1. The molecular formula is C18H17O. The Hall–Kier alpha value is -2.02. The van der Waals surface area contributed by atoms with Crippen LogP contribution >= 0.6 is 0 Å². The first-order valence-corrected chi connectivity index (χ1v) is 6.84. The standard InChI is InChI=1S/C18H17O/c1-2-3-10-19-18-9-8-16-11-14-6-4-5-7-15(14)12-17(16)13-18/h4-9,12-13H,2-3,10H2,1H3. The van der Waals surface area contributed by atoms with Crippen LogP contribution in [0, 0.1) is 6.07 Å². The average molecular weight is 249 g/mol. The number of hydrogen-bond acceptors (Lipinski definition) is 1. The summed E-state index contributed by atoms with van der Waals surface area (Å²) in [5, 5.41) is 4.71. The predicted octanol–water partition coefficient (Wildman–Crippen LogP) is 4.97. The number of benzene rings is 3. The van der Waals surface area contributed by atoms with Crippen molar-refractivity contribution in [1.29, 1.82) is 0 Å². The van der Waals surface area contributed by atoms with Gasteiger partial charge < -0.3 is 4.74 Å². The summed E-state index contributed by atoms with van der Waals surface area (Å²) < 4.78 is 5.75. The summed E-state index contributed by atoms with van der Waals surface area (Å²) in [6.45, 7) is 2.96. The first kappa shape index (κ1) is 12.0. The highest BCUT2D eigenvalue weighted by Crippen LogP contribution is 2.25. The molecule has 3 aromatic rings. The lowest BCUT2D eigenvalue weighted by Crippen LogP contribution is -1.96. The Morgan fingerprint density at radius 1 is 0.947 bits per heavy atom. The molecule has 0 heterocycles. The number of fused-ring (bicyclic) bond motifs is 2. The van der Waals surface area contributed by atoms with Gasteiger partial charge in [-0.15, -0.1) is 0 Å². The summed E-state index contributed by atoms with van der Waals surface area (Å²) in [7, 11) is 0. The summed E-state index contributed by atoms with van der Waals surface area (Å²) in [6, 6.07) is 20.2. The van der Waals surface area contributed by atoms with E-state index in [2.05, 4.69) is 49.4 Å². The van der Waals surface area contributed by atoms with Crippen LogP contribution in [0.5, 0.6) is 5.75 Å². The van der Waals surface area contributed by atoms with Crippen LogP contribution in [0.25, 0.3) is 21.5 Å². The average Bonchev–Trinajstić information content (AvgIpc) is 2.45. The van der Waals surface area contributed by atoms with Gasteiger partial charge in [-0.05, 0) is 52.2 Å². The Morgan fingerprint density at radius 3 is 2.68 bits per heavy atom. The number of unbranched alkanes of at least 4 members (excludes halogenated alkanes) is 1. The van der Waals surface area contributed by atoms with Crippen molar-refractivity contribution in [1.82, 2.24) is 0 Å². The van der Waals surface area contributed by atoms with Crippen LogP contribution in [0.4, 0.5) is 0 Å². The van der Waals surface area contributed by atoms with Gasteiger partial charge in [0.05, 0.1) is 6.61 Å². The number of ether oxygens (including phenoxy) is 1. The van der Waals surface area contributed by atoms with E-state index >= 15 is 0 Å². The van der Waals surface area contributed by atoms with Crippen LogP contribution in [0.1, 0.15) is 19.8 Å². The lowest BCUT2D eigenvalue weighted by atomic mass is 10.0. The maximum absolute atomic E-state index is 5.75. The Morgan fingerprint density at radius 2 is 1.79 bits per heavy atom. The highest BCUT2D eigenvalue weighted by atomic mass is 16.5. The highest BCUT2D eigenvalue weighted by Gasteiger charge is 2.00. The number of rotatable bonds is 4. The second-order valence-electron chi connectivity index (χ2n) is 4.81. The molecule has 0 saturated heterocycles. The molecular weight excluding hydrogens is 232 g/mol.